The van der Waals surface area contributed by atoms with Gasteiger partial charge in [-0.25, -0.2) is 0 Å². The molecule has 152 valence electrons. The van der Waals surface area contributed by atoms with Gasteiger partial charge in [0.25, 0.3) is 5.91 Å². The van der Waals surface area contributed by atoms with Crippen LogP contribution in [0.25, 0.3) is 5.57 Å². The van der Waals surface area contributed by atoms with Crippen molar-refractivity contribution >= 4 is 29.0 Å². The van der Waals surface area contributed by atoms with Gasteiger partial charge in [-0.3, -0.25) is 14.5 Å². The molecule has 3 rings (SSSR count). The van der Waals surface area contributed by atoms with Gasteiger partial charge in [0.1, 0.15) is 5.76 Å². The van der Waals surface area contributed by atoms with Crippen molar-refractivity contribution in [2.45, 2.75) is 38.5 Å². The number of rotatable bonds is 8. The average molecular weight is 410 g/mol. The van der Waals surface area contributed by atoms with Gasteiger partial charge in [-0.15, -0.1) is 0 Å². The van der Waals surface area contributed by atoms with Gasteiger partial charge < -0.3 is 4.74 Å². The number of hydrogen-bond donors (Lipinski definition) is 0. The molecule has 0 radical (unpaired) electrons. The predicted octanol–water partition coefficient (Wildman–Crippen LogP) is 4.91. The summed E-state index contributed by atoms with van der Waals surface area (Å²) in [7, 11) is 0. The van der Waals surface area contributed by atoms with E-state index in [0.29, 0.717) is 17.8 Å². The van der Waals surface area contributed by atoms with Gasteiger partial charge in [-0.1, -0.05) is 60.7 Å². The summed E-state index contributed by atoms with van der Waals surface area (Å²) in [6.07, 6.45) is 0.414. The van der Waals surface area contributed by atoms with Gasteiger partial charge in [-0.2, -0.15) is 11.8 Å². The van der Waals surface area contributed by atoms with Crippen LogP contribution in [-0.2, 0) is 20.1 Å². The summed E-state index contributed by atoms with van der Waals surface area (Å²) >= 11 is 1.73. The number of thioether (sulfide) groups is 1. The Labute approximate surface area is 176 Å². The molecule has 0 N–H and O–H groups in total. The Hall–Kier alpha value is -2.53. The second-order valence-electron chi connectivity index (χ2n) is 7.57. The van der Waals surface area contributed by atoms with Gasteiger partial charge in [0.05, 0.1) is 11.1 Å². The molecule has 1 amide bonds. The van der Waals surface area contributed by atoms with E-state index >= 15 is 0 Å². The van der Waals surface area contributed by atoms with Crippen LogP contribution in [0.4, 0.5) is 0 Å². The third-order valence-electron chi connectivity index (χ3n) is 5.23. The number of ketones is 1. The number of hydrogen-bond acceptors (Lipinski definition) is 4. The van der Waals surface area contributed by atoms with Crippen LogP contribution >= 0.6 is 11.8 Å². The molecule has 0 saturated carbocycles. The van der Waals surface area contributed by atoms with Crippen LogP contribution in [0.3, 0.4) is 0 Å². The topological polar surface area (TPSA) is 46.6 Å². The molecule has 0 saturated heterocycles. The van der Waals surface area contributed by atoms with Crippen LogP contribution in [-0.4, -0.2) is 34.6 Å². The van der Waals surface area contributed by atoms with Crippen molar-refractivity contribution in [3.8, 4) is 0 Å². The van der Waals surface area contributed by atoms with Crippen molar-refractivity contribution in [2.24, 2.45) is 0 Å². The van der Waals surface area contributed by atoms with Gasteiger partial charge >= 0.3 is 0 Å². The summed E-state index contributed by atoms with van der Waals surface area (Å²) in [5, 5.41) is 0. The Kier molecular flexibility index (Phi) is 6.80. The molecule has 1 heterocycles. The van der Waals surface area contributed by atoms with Crippen LogP contribution in [0, 0.1) is 0 Å². The summed E-state index contributed by atoms with van der Waals surface area (Å²) in [5.41, 5.74) is 1.65. The predicted molar refractivity (Wildman–Crippen MR) is 118 cm³/mol. The summed E-state index contributed by atoms with van der Waals surface area (Å²) in [4.78, 5) is 27.7. The molecule has 0 unspecified atom stereocenters. The molecule has 29 heavy (non-hydrogen) atoms. The number of amides is 1. The molecule has 4 nitrogen and oxygen atoms in total. The second kappa shape index (κ2) is 9.31. The maximum atomic E-state index is 13.2. The van der Waals surface area contributed by atoms with Crippen LogP contribution in [0.5, 0.6) is 0 Å². The fourth-order valence-electron chi connectivity index (χ4n) is 3.31. The number of benzene rings is 2. The van der Waals surface area contributed by atoms with Gasteiger partial charge in [0.2, 0.25) is 0 Å². The normalized spacial score (nSPS) is 14.7. The number of allylic oxidation sites excluding steroid dienone is 1. The first kappa shape index (κ1) is 21.2. The average Bonchev–Trinajstić information content (AvgIpc) is 2.72. The van der Waals surface area contributed by atoms with E-state index in [1.807, 2.05) is 62.4 Å². The maximum absolute atomic E-state index is 13.2. The largest absolute Gasteiger partial charge is 0.477 e. The smallest absolute Gasteiger partial charge is 0.261 e. The SMILES string of the molecule is CC1=C(c2ccccc2)C(=O)N(C(C)(C)C(=O)CCSCc2ccccc2)CO1. The number of carbonyl (C=O) groups excluding carboxylic acids is 2. The van der Waals surface area contributed by atoms with Crippen LogP contribution in [0.1, 0.15) is 38.3 Å². The van der Waals surface area contributed by atoms with E-state index < -0.39 is 5.54 Å². The molecule has 2 aromatic rings. The Morgan fingerprint density at radius 2 is 1.69 bits per heavy atom. The summed E-state index contributed by atoms with van der Waals surface area (Å²) < 4.78 is 5.78. The number of ether oxygens (including phenoxy) is 1. The highest BCUT2D eigenvalue weighted by Crippen LogP contribution is 2.31. The third-order valence-corrected chi connectivity index (χ3v) is 6.26. The Morgan fingerprint density at radius 1 is 1.07 bits per heavy atom. The highest BCUT2D eigenvalue weighted by atomic mass is 32.2. The highest BCUT2D eigenvalue weighted by molar-refractivity contribution is 7.98. The van der Waals surface area contributed by atoms with E-state index in [9.17, 15) is 9.59 Å². The summed E-state index contributed by atoms with van der Waals surface area (Å²) in [5.74, 6) is 2.08. The Morgan fingerprint density at radius 3 is 2.34 bits per heavy atom. The number of carbonyl (C=O) groups is 2. The molecular weight excluding hydrogens is 382 g/mol. The Balaban J connectivity index is 1.63. The van der Waals surface area contributed by atoms with Crippen molar-refractivity contribution in [2.75, 3.05) is 12.5 Å². The molecule has 0 aliphatic carbocycles. The minimum absolute atomic E-state index is 0.0435. The summed E-state index contributed by atoms with van der Waals surface area (Å²) in [6, 6.07) is 19.7. The van der Waals surface area contributed by atoms with Crippen LogP contribution < -0.4 is 0 Å². The zero-order valence-corrected chi connectivity index (χ0v) is 18.0. The highest BCUT2D eigenvalue weighted by Gasteiger charge is 2.41. The number of Topliss-reactive ketones (excluding diaryl/α,β-unsaturated/α-hetero) is 1. The van der Waals surface area contributed by atoms with E-state index in [4.69, 9.17) is 4.74 Å². The summed E-state index contributed by atoms with van der Waals surface area (Å²) in [6.45, 7) is 5.51. The van der Waals surface area contributed by atoms with Crippen molar-refractivity contribution in [3.05, 3.63) is 77.5 Å². The second-order valence-corrected chi connectivity index (χ2v) is 8.68. The Bertz CT molecular complexity index is 891. The van der Waals surface area contributed by atoms with E-state index in [-0.39, 0.29) is 18.4 Å². The molecule has 0 atom stereocenters. The van der Waals surface area contributed by atoms with E-state index in [1.165, 1.54) is 5.56 Å². The van der Waals surface area contributed by atoms with Crippen molar-refractivity contribution < 1.29 is 14.3 Å². The fraction of sp³-hybridized carbons (Fsp3) is 0.333. The number of nitrogens with zero attached hydrogens (tertiary/aromatic N) is 1. The molecule has 0 spiro atoms. The zero-order valence-electron chi connectivity index (χ0n) is 17.2. The van der Waals surface area contributed by atoms with Crippen molar-refractivity contribution in [3.63, 3.8) is 0 Å². The van der Waals surface area contributed by atoms with Crippen LogP contribution in [0.15, 0.2) is 66.4 Å². The van der Waals surface area contributed by atoms with Gasteiger partial charge in [0, 0.05) is 17.9 Å². The van der Waals surface area contributed by atoms with E-state index in [2.05, 4.69) is 12.1 Å². The zero-order chi connectivity index (χ0) is 20.9. The molecule has 1 aliphatic heterocycles. The lowest BCUT2D eigenvalue weighted by Crippen LogP contribution is -2.55. The fourth-order valence-corrected chi connectivity index (χ4v) is 4.21. The minimum atomic E-state index is -0.925. The van der Waals surface area contributed by atoms with E-state index in [1.54, 1.807) is 23.6 Å². The lowest BCUT2D eigenvalue weighted by Gasteiger charge is -2.40. The molecule has 0 bridgehead atoms. The first-order valence-corrected chi connectivity index (χ1v) is 10.9. The lowest BCUT2D eigenvalue weighted by atomic mass is 9.92. The minimum Gasteiger partial charge on any atom is -0.477 e. The first-order valence-electron chi connectivity index (χ1n) is 9.77. The standard InChI is InChI=1S/C24H27NO3S/c1-18-22(20-12-8-5-9-13-20)23(27)25(17-28-18)24(2,3)21(26)14-15-29-16-19-10-6-4-7-11-19/h4-13H,14-17H2,1-3H3. The van der Waals surface area contributed by atoms with E-state index in [0.717, 1.165) is 17.1 Å². The van der Waals surface area contributed by atoms with Gasteiger partial charge in [-0.05, 0) is 31.9 Å². The van der Waals surface area contributed by atoms with Crippen LogP contribution in [0.2, 0.25) is 0 Å². The van der Waals surface area contributed by atoms with Crippen molar-refractivity contribution in [1.82, 2.24) is 4.90 Å². The molecule has 0 fully saturated rings. The quantitative estimate of drug-likeness (QED) is 0.582. The monoisotopic (exact) mass is 409 g/mol. The first-order chi connectivity index (χ1) is 13.9. The molecule has 5 heteroatoms. The molecule has 2 aromatic carbocycles. The van der Waals surface area contributed by atoms with Gasteiger partial charge in [0.15, 0.2) is 12.5 Å². The third kappa shape index (κ3) is 4.91. The molecular formula is C24H27NO3S. The molecule has 1 aliphatic rings. The molecule has 0 aromatic heterocycles. The lowest BCUT2D eigenvalue weighted by molar-refractivity contribution is -0.148. The maximum Gasteiger partial charge on any atom is 0.261 e. The van der Waals surface area contributed by atoms with Crippen molar-refractivity contribution in [1.29, 1.82) is 0 Å².